The van der Waals surface area contributed by atoms with Crippen LogP contribution in [0.15, 0.2) is 51.8 Å². The van der Waals surface area contributed by atoms with E-state index in [1.54, 1.807) is 13.8 Å². The van der Waals surface area contributed by atoms with Gasteiger partial charge < -0.3 is 5.32 Å². The molecule has 0 heterocycles. The van der Waals surface area contributed by atoms with E-state index in [-0.39, 0.29) is 26.7 Å². The van der Waals surface area contributed by atoms with Crippen molar-refractivity contribution in [2.45, 2.75) is 24.8 Å². The van der Waals surface area contributed by atoms with Crippen LogP contribution in [0.1, 0.15) is 24.2 Å². The molecule has 0 fully saturated rings. The summed E-state index contributed by atoms with van der Waals surface area (Å²) in [6.45, 7) is 3.42. The number of carbonyl (C=O) groups is 1. The minimum Gasteiger partial charge on any atom is -0.322 e. The fourth-order valence-corrected chi connectivity index (χ4v) is 3.74. The van der Waals surface area contributed by atoms with Gasteiger partial charge in [-0.1, -0.05) is 0 Å². The number of nitrogens with zero attached hydrogens (tertiary/aromatic N) is 1. The van der Waals surface area contributed by atoms with E-state index in [2.05, 4.69) is 26.0 Å². The molecule has 138 valence electrons. The van der Waals surface area contributed by atoms with Gasteiger partial charge in [-0.15, -0.1) is 0 Å². The zero-order valence-corrected chi connectivity index (χ0v) is 16.3. The van der Waals surface area contributed by atoms with Gasteiger partial charge in [0.15, 0.2) is 0 Å². The molecular weight excluding hydrogens is 426 g/mol. The molecule has 0 radical (unpaired) electrons. The number of hydrogen-bond donors (Lipinski definition) is 2. The standard InChI is InChI=1S/C16H16BrN3O5S/c1-10(2)19-26(24,25)13-6-4-12(5-7-13)18-16(21)11-3-8-14(17)15(9-11)20(22)23/h3-10,19H,1-2H3,(H,18,21). The normalized spacial score (nSPS) is 11.4. The van der Waals surface area contributed by atoms with Crippen LogP contribution in [0.5, 0.6) is 0 Å². The van der Waals surface area contributed by atoms with Gasteiger partial charge in [-0.2, -0.15) is 0 Å². The first-order chi connectivity index (χ1) is 12.1. The molecular formula is C16H16BrN3O5S. The van der Waals surface area contributed by atoms with Crippen LogP contribution in [0, 0.1) is 10.1 Å². The molecule has 1 amide bonds. The Kier molecular flexibility index (Phi) is 6.11. The van der Waals surface area contributed by atoms with E-state index in [1.165, 1.54) is 36.4 Å². The van der Waals surface area contributed by atoms with E-state index >= 15 is 0 Å². The number of benzene rings is 2. The Labute approximate surface area is 158 Å². The summed E-state index contributed by atoms with van der Waals surface area (Å²) in [5, 5.41) is 13.5. The molecule has 8 nitrogen and oxygen atoms in total. The Morgan fingerprint density at radius 2 is 1.77 bits per heavy atom. The molecule has 0 atom stereocenters. The maximum Gasteiger partial charge on any atom is 0.284 e. The Bertz CT molecular complexity index is 943. The van der Waals surface area contributed by atoms with Crippen LogP contribution >= 0.6 is 15.9 Å². The minimum absolute atomic E-state index is 0.0727. The van der Waals surface area contributed by atoms with Gasteiger partial charge in [-0.25, -0.2) is 13.1 Å². The molecule has 0 aliphatic rings. The Morgan fingerprint density at radius 3 is 2.31 bits per heavy atom. The zero-order valence-electron chi connectivity index (χ0n) is 13.9. The van der Waals surface area contributed by atoms with E-state index in [4.69, 9.17) is 0 Å². The van der Waals surface area contributed by atoms with Crippen LogP contribution in [-0.4, -0.2) is 25.3 Å². The first-order valence-corrected chi connectivity index (χ1v) is 9.75. The summed E-state index contributed by atoms with van der Waals surface area (Å²) >= 11 is 3.05. The quantitative estimate of drug-likeness (QED) is 0.526. The summed E-state index contributed by atoms with van der Waals surface area (Å²) in [4.78, 5) is 22.7. The molecule has 0 saturated heterocycles. The second-order valence-corrected chi connectivity index (χ2v) is 8.25. The molecule has 2 N–H and O–H groups in total. The van der Waals surface area contributed by atoms with Gasteiger partial charge in [0.05, 0.1) is 14.3 Å². The molecule has 0 unspecified atom stereocenters. The molecule has 26 heavy (non-hydrogen) atoms. The largest absolute Gasteiger partial charge is 0.322 e. The van der Waals surface area contributed by atoms with Crippen molar-refractivity contribution in [3.05, 3.63) is 62.6 Å². The fraction of sp³-hybridized carbons (Fsp3) is 0.188. The first-order valence-electron chi connectivity index (χ1n) is 7.48. The second kappa shape index (κ2) is 7.94. The van der Waals surface area contributed by atoms with Crippen molar-refractivity contribution in [1.82, 2.24) is 4.72 Å². The summed E-state index contributed by atoms with van der Waals surface area (Å²) in [5.41, 5.74) is 0.251. The smallest absolute Gasteiger partial charge is 0.284 e. The Hall–Kier alpha value is -2.30. The number of nitro groups is 1. The summed E-state index contributed by atoms with van der Waals surface area (Å²) in [7, 11) is -3.62. The molecule has 0 aromatic heterocycles. The van der Waals surface area contributed by atoms with Gasteiger partial charge >= 0.3 is 0 Å². The molecule has 0 spiro atoms. The van der Waals surface area contributed by atoms with Gasteiger partial charge in [0.2, 0.25) is 10.0 Å². The number of halogens is 1. The van der Waals surface area contributed by atoms with Crippen LogP contribution in [0.3, 0.4) is 0 Å². The van der Waals surface area contributed by atoms with Crippen LogP contribution in [-0.2, 0) is 10.0 Å². The van der Waals surface area contributed by atoms with Crippen molar-refractivity contribution < 1.29 is 18.1 Å². The van der Waals surface area contributed by atoms with E-state index in [0.29, 0.717) is 5.69 Å². The van der Waals surface area contributed by atoms with Crippen molar-refractivity contribution in [3.8, 4) is 0 Å². The molecule has 0 aliphatic carbocycles. The van der Waals surface area contributed by atoms with Gasteiger partial charge in [0, 0.05) is 23.4 Å². The third kappa shape index (κ3) is 4.87. The Balaban J connectivity index is 2.18. The predicted molar refractivity (Wildman–Crippen MR) is 101 cm³/mol. The molecule has 2 aromatic rings. The number of rotatable bonds is 6. The lowest BCUT2D eigenvalue weighted by molar-refractivity contribution is -0.385. The highest BCUT2D eigenvalue weighted by molar-refractivity contribution is 9.10. The highest BCUT2D eigenvalue weighted by atomic mass is 79.9. The number of carbonyl (C=O) groups excluding carboxylic acids is 1. The molecule has 0 aliphatic heterocycles. The maximum atomic E-state index is 12.2. The van der Waals surface area contributed by atoms with E-state index in [9.17, 15) is 23.3 Å². The third-order valence-electron chi connectivity index (χ3n) is 3.22. The molecule has 2 rings (SSSR count). The van der Waals surface area contributed by atoms with Crippen LogP contribution in [0.25, 0.3) is 0 Å². The second-order valence-electron chi connectivity index (χ2n) is 5.68. The van der Waals surface area contributed by atoms with Crippen molar-refractivity contribution in [3.63, 3.8) is 0 Å². The third-order valence-corrected chi connectivity index (χ3v) is 5.56. The highest BCUT2D eigenvalue weighted by Gasteiger charge is 2.17. The van der Waals surface area contributed by atoms with Crippen LogP contribution < -0.4 is 10.0 Å². The van der Waals surface area contributed by atoms with Gasteiger partial charge in [0.25, 0.3) is 11.6 Å². The molecule has 0 saturated carbocycles. The Morgan fingerprint density at radius 1 is 1.15 bits per heavy atom. The number of amides is 1. The number of nitro benzene ring substituents is 1. The molecule has 10 heteroatoms. The molecule has 0 bridgehead atoms. The molecule has 2 aromatic carbocycles. The maximum absolute atomic E-state index is 12.2. The topological polar surface area (TPSA) is 118 Å². The number of nitrogens with one attached hydrogen (secondary N) is 2. The minimum atomic E-state index is -3.62. The van der Waals surface area contributed by atoms with Gasteiger partial charge in [-0.3, -0.25) is 14.9 Å². The van der Waals surface area contributed by atoms with Crippen molar-refractivity contribution in [2.75, 3.05) is 5.32 Å². The first kappa shape index (κ1) is 20.0. The van der Waals surface area contributed by atoms with Gasteiger partial charge in [-0.05, 0) is 66.2 Å². The number of anilines is 1. The SMILES string of the molecule is CC(C)NS(=O)(=O)c1ccc(NC(=O)c2ccc(Br)c([N+](=O)[O-])c2)cc1. The van der Waals surface area contributed by atoms with Crippen LogP contribution in [0.2, 0.25) is 0 Å². The van der Waals surface area contributed by atoms with Gasteiger partial charge in [0.1, 0.15) is 0 Å². The zero-order chi connectivity index (χ0) is 19.5. The lowest BCUT2D eigenvalue weighted by Gasteiger charge is -2.10. The summed E-state index contributed by atoms with van der Waals surface area (Å²) in [6.07, 6.45) is 0. The fourth-order valence-electron chi connectivity index (χ4n) is 2.09. The van der Waals surface area contributed by atoms with E-state index < -0.39 is 20.9 Å². The van der Waals surface area contributed by atoms with Crippen LogP contribution in [0.4, 0.5) is 11.4 Å². The number of sulfonamides is 1. The average Bonchev–Trinajstić information content (AvgIpc) is 2.54. The van der Waals surface area contributed by atoms with E-state index in [0.717, 1.165) is 6.07 Å². The summed E-state index contributed by atoms with van der Waals surface area (Å²) < 4.78 is 26.9. The highest BCUT2D eigenvalue weighted by Crippen LogP contribution is 2.26. The lowest BCUT2D eigenvalue weighted by atomic mass is 10.2. The number of hydrogen-bond acceptors (Lipinski definition) is 5. The predicted octanol–water partition coefficient (Wildman–Crippen LogP) is 3.30. The monoisotopic (exact) mass is 441 g/mol. The van der Waals surface area contributed by atoms with Crippen molar-refractivity contribution in [1.29, 1.82) is 0 Å². The summed E-state index contributed by atoms with van der Waals surface area (Å²) in [5.74, 6) is -0.545. The van der Waals surface area contributed by atoms with Crippen molar-refractivity contribution in [2.24, 2.45) is 0 Å². The average molecular weight is 442 g/mol. The summed E-state index contributed by atoms with van der Waals surface area (Å²) in [6, 6.07) is 9.39. The van der Waals surface area contributed by atoms with E-state index in [1.807, 2.05) is 0 Å². The lowest BCUT2D eigenvalue weighted by Crippen LogP contribution is -2.30. The van der Waals surface area contributed by atoms with Crippen molar-refractivity contribution >= 4 is 43.2 Å².